The third-order valence-corrected chi connectivity index (χ3v) is 2.71. The fourth-order valence-electron chi connectivity index (χ4n) is 1.55. The van der Waals surface area contributed by atoms with Gasteiger partial charge in [0.15, 0.2) is 11.5 Å². The second-order valence-corrected chi connectivity index (χ2v) is 4.52. The number of aromatic nitrogens is 2. The van der Waals surface area contributed by atoms with Crippen molar-refractivity contribution >= 4 is 11.6 Å². The van der Waals surface area contributed by atoms with Gasteiger partial charge in [0.2, 0.25) is 11.7 Å². The summed E-state index contributed by atoms with van der Waals surface area (Å²) in [6, 6.07) is 5.42. The first kappa shape index (κ1) is 14.4. The number of benzene rings is 1. The summed E-state index contributed by atoms with van der Waals surface area (Å²) >= 11 is 5.63. The van der Waals surface area contributed by atoms with Gasteiger partial charge in [-0.05, 0) is 30.7 Å². The molecule has 2 rings (SSSR count). The SMILES string of the molecule is C=C(C)COc1ccc(-c2noc(CCl)n2)cc1OC. The molecule has 0 aliphatic carbocycles. The van der Waals surface area contributed by atoms with E-state index < -0.39 is 0 Å². The standard InChI is InChI=1S/C14H15ClN2O3/c1-9(2)8-19-11-5-4-10(6-12(11)18-3)14-16-13(7-15)20-17-14/h4-6H,1,7-8H2,2-3H3. The van der Waals surface area contributed by atoms with Crippen molar-refractivity contribution in [3.63, 3.8) is 0 Å². The molecule has 2 aromatic rings. The first-order valence-electron chi connectivity index (χ1n) is 5.98. The maximum atomic E-state index is 5.63. The normalized spacial score (nSPS) is 10.3. The molecule has 106 valence electrons. The molecule has 1 aromatic heterocycles. The Bertz CT molecular complexity index is 610. The van der Waals surface area contributed by atoms with Gasteiger partial charge in [0.25, 0.3) is 0 Å². The van der Waals surface area contributed by atoms with Gasteiger partial charge in [-0.3, -0.25) is 0 Å². The lowest BCUT2D eigenvalue weighted by Crippen LogP contribution is -1.99. The molecule has 5 nitrogen and oxygen atoms in total. The highest BCUT2D eigenvalue weighted by molar-refractivity contribution is 6.16. The van der Waals surface area contributed by atoms with Crippen molar-refractivity contribution in [3.8, 4) is 22.9 Å². The van der Waals surface area contributed by atoms with Crippen LogP contribution in [0.2, 0.25) is 0 Å². The topological polar surface area (TPSA) is 57.4 Å². The smallest absolute Gasteiger partial charge is 0.241 e. The molecule has 0 spiro atoms. The lowest BCUT2D eigenvalue weighted by molar-refractivity contribution is 0.320. The van der Waals surface area contributed by atoms with E-state index in [-0.39, 0.29) is 5.88 Å². The maximum Gasteiger partial charge on any atom is 0.241 e. The van der Waals surface area contributed by atoms with Gasteiger partial charge >= 0.3 is 0 Å². The molecular formula is C14H15ClN2O3. The summed E-state index contributed by atoms with van der Waals surface area (Å²) in [5.41, 5.74) is 1.70. The molecule has 1 aromatic carbocycles. The highest BCUT2D eigenvalue weighted by Gasteiger charge is 2.12. The van der Waals surface area contributed by atoms with Gasteiger partial charge in [-0.2, -0.15) is 4.98 Å². The summed E-state index contributed by atoms with van der Waals surface area (Å²) < 4.78 is 15.9. The van der Waals surface area contributed by atoms with E-state index in [1.165, 1.54) is 0 Å². The van der Waals surface area contributed by atoms with Crippen molar-refractivity contribution in [2.45, 2.75) is 12.8 Å². The molecule has 6 heteroatoms. The summed E-state index contributed by atoms with van der Waals surface area (Å²) in [7, 11) is 1.58. The molecule has 0 aliphatic rings. The summed E-state index contributed by atoms with van der Waals surface area (Å²) in [4.78, 5) is 4.16. The summed E-state index contributed by atoms with van der Waals surface area (Å²) in [5.74, 6) is 2.26. The van der Waals surface area contributed by atoms with Crippen LogP contribution < -0.4 is 9.47 Å². The van der Waals surface area contributed by atoms with Gasteiger partial charge in [-0.1, -0.05) is 11.7 Å². The molecule has 0 unspecified atom stereocenters. The summed E-state index contributed by atoms with van der Waals surface area (Å²) in [5, 5.41) is 3.86. The van der Waals surface area contributed by atoms with Crippen molar-refractivity contribution in [2.24, 2.45) is 0 Å². The van der Waals surface area contributed by atoms with Gasteiger partial charge in [0, 0.05) is 5.56 Å². The Hall–Kier alpha value is -2.01. The zero-order valence-electron chi connectivity index (χ0n) is 11.4. The number of methoxy groups -OCH3 is 1. The summed E-state index contributed by atoms with van der Waals surface area (Å²) in [6.07, 6.45) is 0. The zero-order valence-corrected chi connectivity index (χ0v) is 12.1. The van der Waals surface area contributed by atoms with Gasteiger partial charge in [-0.15, -0.1) is 11.6 Å². The van der Waals surface area contributed by atoms with Crippen LogP contribution >= 0.6 is 11.6 Å². The van der Waals surface area contributed by atoms with Crippen LogP contribution in [-0.2, 0) is 5.88 Å². The van der Waals surface area contributed by atoms with Gasteiger partial charge in [0.1, 0.15) is 12.5 Å². The van der Waals surface area contributed by atoms with Gasteiger partial charge < -0.3 is 14.0 Å². The zero-order chi connectivity index (χ0) is 14.5. The minimum absolute atomic E-state index is 0.184. The van der Waals surface area contributed by atoms with Crippen LogP contribution in [0.5, 0.6) is 11.5 Å². The quantitative estimate of drug-likeness (QED) is 0.603. The maximum absolute atomic E-state index is 5.63. The predicted molar refractivity (Wildman–Crippen MR) is 76.2 cm³/mol. The molecule has 0 bridgehead atoms. The van der Waals surface area contributed by atoms with E-state index in [9.17, 15) is 0 Å². The Morgan fingerprint density at radius 3 is 2.80 bits per heavy atom. The number of halogens is 1. The molecule has 0 radical (unpaired) electrons. The van der Waals surface area contributed by atoms with Crippen molar-refractivity contribution in [1.82, 2.24) is 10.1 Å². The minimum Gasteiger partial charge on any atom is -0.493 e. The fourth-order valence-corrected chi connectivity index (χ4v) is 1.66. The Morgan fingerprint density at radius 1 is 1.40 bits per heavy atom. The van der Waals surface area contributed by atoms with E-state index in [4.69, 9.17) is 25.6 Å². The molecule has 1 heterocycles. The van der Waals surface area contributed by atoms with Gasteiger partial charge in [-0.25, -0.2) is 0 Å². The molecule has 0 saturated carbocycles. The first-order chi connectivity index (χ1) is 9.63. The van der Waals surface area contributed by atoms with Crippen molar-refractivity contribution in [1.29, 1.82) is 0 Å². The average Bonchev–Trinajstić information content (AvgIpc) is 2.93. The average molecular weight is 295 g/mol. The Kier molecular flexibility index (Phi) is 4.63. The first-order valence-corrected chi connectivity index (χ1v) is 6.51. The van der Waals surface area contributed by atoms with E-state index in [2.05, 4.69) is 16.7 Å². The van der Waals surface area contributed by atoms with Crippen LogP contribution in [0, 0.1) is 0 Å². The molecule has 0 N–H and O–H groups in total. The molecule has 0 fully saturated rings. The number of ether oxygens (including phenoxy) is 2. The van der Waals surface area contributed by atoms with Crippen LogP contribution in [0.15, 0.2) is 34.9 Å². The molecule has 0 amide bonds. The monoisotopic (exact) mass is 294 g/mol. The van der Waals surface area contributed by atoms with Gasteiger partial charge in [0.05, 0.1) is 7.11 Å². The fraction of sp³-hybridized carbons (Fsp3) is 0.286. The number of nitrogens with zero attached hydrogens (tertiary/aromatic N) is 2. The van der Waals surface area contributed by atoms with E-state index in [1.54, 1.807) is 19.2 Å². The van der Waals surface area contributed by atoms with Crippen molar-refractivity contribution < 1.29 is 14.0 Å². The summed E-state index contributed by atoms with van der Waals surface area (Å²) in [6.45, 7) is 6.13. The van der Waals surface area contributed by atoms with Crippen LogP contribution in [-0.4, -0.2) is 23.9 Å². The number of hydrogen-bond donors (Lipinski definition) is 0. The Morgan fingerprint density at radius 2 is 2.20 bits per heavy atom. The van der Waals surface area contributed by atoms with Crippen LogP contribution in [0.25, 0.3) is 11.4 Å². The van der Waals surface area contributed by atoms with E-state index in [0.29, 0.717) is 29.8 Å². The molecule has 0 aliphatic heterocycles. The molecule has 20 heavy (non-hydrogen) atoms. The Labute approximate surface area is 122 Å². The number of hydrogen-bond acceptors (Lipinski definition) is 5. The lowest BCUT2D eigenvalue weighted by Gasteiger charge is -2.11. The molecular weight excluding hydrogens is 280 g/mol. The van der Waals surface area contributed by atoms with Crippen molar-refractivity contribution in [3.05, 3.63) is 36.2 Å². The molecule has 0 atom stereocenters. The van der Waals surface area contributed by atoms with Crippen LogP contribution in [0.3, 0.4) is 0 Å². The highest BCUT2D eigenvalue weighted by Crippen LogP contribution is 2.31. The number of alkyl halides is 1. The van der Waals surface area contributed by atoms with E-state index in [0.717, 1.165) is 11.1 Å². The van der Waals surface area contributed by atoms with Crippen LogP contribution in [0.4, 0.5) is 0 Å². The Balaban J connectivity index is 2.26. The second-order valence-electron chi connectivity index (χ2n) is 4.26. The van der Waals surface area contributed by atoms with E-state index in [1.807, 2.05) is 13.0 Å². The molecule has 0 saturated heterocycles. The minimum atomic E-state index is 0.184. The second kappa shape index (κ2) is 6.43. The third kappa shape index (κ3) is 3.30. The largest absolute Gasteiger partial charge is 0.493 e. The highest BCUT2D eigenvalue weighted by atomic mass is 35.5. The van der Waals surface area contributed by atoms with Crippen LogP contribution in [0.1, 0.15) is 12.8 Å². The number of rotatable bonds is 6. The predicted octanol–water partition coefficient (Wildman–Crippen LogP) is 3.44. The lowest BCUT2D eigenvalue weighted by atomic mass is 10.2. The van der Waals surface area contributed by atoms with E-state index >= 15 is 0 Å². The van der Waals surface area contributed by atoms with Crippen molar-refractivity contribution in [2.75, 3.05) is 13.7 Å². The third-order valence-electron chi connectivity index (χ3n) is 2.48.